The fourth-order valence-electron chi connectivity index (χ4n) is 2.49. The quantitative estimate of drug-likeness (QED) is 0.751. The van der Waals surface area contributed by atoms with Gasteiger partial charge in [-0.2, -0.15) is 0 Å². The third kappa shape index (κ3) is 3.78. The van der Waals surface area contributed by atoms with Crippen LogP contribution in [0.2, 0.25) is 0 Å². The van der Waals surface area contributed by atoms with Crippen LogP contribution in [0.15, 0.2) is 0 Å². The van der Waals surface area contributed by atoms with E-state index in [1.54, 1.807) is 0 Å². The average molecular weight is 226 g/mol. The highest BCUT2D eigenvalue weighted by atomic mass is 16.2. The van der Waals surface area contributed by atoms with Gasteiger partial charge in [0.15, 0.2) is 0 Å². The van der Waals surface area contributed by atoms with Crippen LogP contribution in [0.1, 0.15) is 46.5 Å². The van der Waals surface area contributed by atoms with Gasteiger partial charge in [-0.1, -0.05) is 26.7 Å². The molecular formula is C13H26N2O. The van der Waals surface area contributed by atoms with Crippen molar-refractivity contribution in [2.75, 3.05) is 19.6 Å². The van der Waals surface area contributed by atoms with Crippen molar-refractivity contribution in [3.63, 3.8) is 0 Å². The molecule has 0 spiro atoms. The summed E-state index contributed by atoms with van der Waals surface area (Å²) in [6.45, 7) is 9.05. The Bertz CT molecular complexity index is 208. The molecule has 1 aliphatic rings. The van der Waals surface area contributed by atoms with E-state index in [4.69, 9.17) is 0 Å². The molecule has 16 heavy (non-hydrogen) atoms. The smallest absolute Gasteiger partial charge is 0.236 e. The SMILES string of the molecule is CCC(CC)C(C)NCC(=O)N1CCCC1. The normalized spacial score (nSPS) is 18.1. The molecule has 3 heteroatoms. The van der Waals surface area contributed by atoms with E-state index in [2.05, 4.69) is 26.1 Å². The summed E-state index contributed by atoms with van der Waals surface area (Å²) in [6.07, 6.45) is 4.72. The molecule has 1 rings (SSSR count). The highest BCUT2D eigenvalue weighted by Crippen LogP contribution is 2.12. The van der Waals surface area contributed by atoms with Crippen LogP contribution >= 0.6 is 0 Å². The lowest BCUT2D eigenvalue weighted by atomic mass is 9.95. The first-order valence-electron chi connectivity index (χ1n) is 6.70. The average Bonchev–Trinajstić information content (AvgIpc) is 2.81. The number of carbonyl (C=O) groups is 1. The summed E-state index contributed by atoms with van der Waals surface area (Å²) in [5, 5.41) is 3.37. The van der Waals surface area contributed by atoms with Crippen molar-refractivity contribution < 1.29 is 4.79 Å². The summed E-state index contributed by atoms with van der Waals surface area (Å²) in [5.41, 5.74) is 0. The third-order valence-electron chi connectivity index (χ3n) is 3.79. The van der Waals surface area contributed by atoms with Crippen molar-refractivity contribution in [1.29, 1.82) is 0 Å². The van der Waals surface area contributed by atoms with E-state index in [0.29, 0.717) is 18.5 Å². The van der Waals surface area contributed by atoms with Gasteiger partial charge in [0, 0.05) is 19.1 Å². The first kappa shape index (κ1) is 13.5. The van der Waals surface area contributed by atoms with Crippen molar-refractivity contribution in [2.24, 2.45) is 5.92 Å². The maximum absolute atomic E-state index is 11.8. The maximum atomic E-state index is 11.8. The van der Waals surface area contributed by atoms with Gasteiger partial charge in [0.2, 0.25) is 5.91 Å². The molecule has 0 radical (unpaired) electrons. The van der Waals surface area contributed by atoms with Gasteiger partial charge in [-0.3, -0.25) is 4.79 Å². The van der Waals surface area contributed by atoms with Crippen molar-refractivity contribution in [1.82, 2.24) is 10.2 Å². The van der Waals surface area contributed by atoms with Crippen LogP contribution in [0, 0.1) is 5.92 Å². The second-order valence-electron chi connectivity index (χ2n) is 4.83. The van der Waals surface area contributed by atoms with Crippen LogP contribution in [-0.4, -0.2) is 36.5 Å². The minimum atomic E-state index is 0.273. The predicted molar refractivity (Wildman–Crippen MR) is 67.4 cm³/mol. The monoisotopic (exact) mass is 226 g/mol. The number of amides is 1. The Balaban J connectivity index is 2.24. The number of nitrogens with one attached hydrogen (secondary N) is 1. The van der Waals surface area contributed by atoms with Crippen LogP contribution in [0.3, 0.4) is 0 Å². The van der Waals surface area contributed by atoms with Gasteiger partial charge in [0.1, 0.15) is 0 Å². The summed E-state index contributed by atoms with van der Waals surface area (Å²) in [5.74, 6) is 0.960. The van der Waals surface area contributed by atoms with Gasteiger partial charge in [0.25, 0.3) is 0 Å². The van der Waals surface area contributed by atoms with Crippen molar-refractivity contribution in [3.8, 4) is 0 Å². The molecule has 1 saturated heterocycles. The van der Waals surface area contributed by atoms with Gasteiger partial charge >= 0.3 is 0 Å². The summed E-state index contributed by atoms with van der Waals surface area (Å²) in [4.78, 5) is 13.8. The lowest BCUT2D eigenvalue weighted by Crippen LogP contribution is -2.42. The Morgan fingerprint density at radius 1 is 1.25 bits per heavy atom. The van der Waals surface area contributed by atoms with E-state index in [-0.39, 0.29) is 5.91 Å². The van der Waals surface area contributed by atoms with Gasteiger partial charge < -0.3 is 10.2 Å². The van der Waals surface area contributed by atoms with Crippen molar-refractivity contribution in [2.45, 2.75) is 52.5 Å². The third-order valence-corrected chi connectivity index (χ3v) is 3.79. The van der Waals surface area contributed by atoms with E-state index in [1.807, 2.05) is 4.90 Å². The van der Waals surface area contributed by atoms with E-state index in [0.717, 1.165) is 13.1 Å². The molecule has 1 N–H and O–H groups in total. The van der Waals surface area contributed by atoms with Gasteiger partial charge in [-0.05, 0) is 25.7 Å². The lowest BCUT2D eigenvalue weighted by molar-refractivity contribution is -0.129. The number of hydrogen-bond acceptors (Lipinski definition) is 2. The largest absolute Gasteiger partial charge is 0.342 e. The fourth-order valence-corrected chi connectivity index (χ4v) is 2.49. The number of likely N-dealkylation sites (tertiary alicyclic amines) is 1. The summed E-state index contributed by atoms with van der Waals surface area (Å²) >= 11 is 0. The molecule has 1 unspecified atom stereocenters. The zero-order valence-corrected chi connectivity index (χ0v) is 11.0. The number of carbonyl (C=O) groups excluding carboxylic acids is 1. The van der Waals surface area contributed by atoms with Gasteiger partial charge in [0.05, 0.1) is 6.54 Å². The molecular weight excluding hydrogens is 200 g/mol. The minimum Gasteiger partial charge on any atom is -0.342 e. The first-order valence-corrected chi connectivity index (χ1v) is 6.70. The summed E-state index contributed by atoms with van der Waals surface area (Å²) in [6, 6.07) is 0.446. The molecule has 1 heterocycles. The van der Waals surface area contributed by atoms with Crippen LogP contribution < -0.4 is 5.32 Å². The molecule has 1 amide bonds. The fraction of sp³-hybridized carbons (Fsp3) is 0.923. The molecule has 0 aliphatic carbocycles. The Hall–Kier alpha value is -0.570. The highest BCUT2D eigenvalue weighted by molar-refractivity contribution is 5.78. The Labute approximate surface area is 99.6 Å². The Morgan fingerprint density at radius 3 is 2.31 bits per heavy atom. The first-order chi connectivity index (χ1) is 7.69. The zero-order chi connectivity index (χ0) is 12.0. The molecule has 1 fully saturated rings. The second kappa shape index (κ2) is 6.89. The van der Waals surface area contributed by atoms with Gasteiger partial charge in [-0.15, -0.1) is 0 Å². The molecule has 0 aromatic carbocycles. The summed E-state index contributed by atoms with van der Waals surface area (Å²) in [7, 11) is 0. The topological polar surface area (TPSA) is 32.3 Å². The molecule has 0 saturated carbocycles. The maximum Gasteiger partial charge on any atom is 0.236 e. The lowest BCUT2D eigenvalue weighted by Gasteiger charge is -2.23. The number of hydrogen-bond donors (Lipinski definition) is 1. The molecule has 3 nitrogen and oxygen atoms in total. The summed E-state index contributed by atoms with van der Waals surface area (Å²) < 4.78 is 0. The Morgan fingerprint density at radius 2 is 1.81 bits per heavy atom. The molecule has 1 aliphatic heterocycles. The minimum absolute atomic E-state index is 0.273. The number of nitrogens with zero attached hydrogens (tertiary/aromatic N) is 1. The van der Waals surface area contributed by atoms with Gasteiger partial charge in [-0.25, -0.2) is 0 Å². The molecule has 0 aromatic rings. The molecule has 94 valence electrons. The van der Waals surface area contributed by atoms with E-state index >= 15 is 0 Å². The second-order valence-corrected chi connectivity index (χ2v) is 4.83. The molecule has 0 aromatic heterocycles. The standard InChI is InChI=1S/C13H26N2O/c1-4-12(5-2)11(3)14-10-13(16)15-8-6-7-9-15/h11-12,14H,4-10H2,1-3H3. The van der Waals surface area contributed by atoms with Crippen LogP contribution in [0.25, 0.3) is 0 Å². The van der Waals surface area contributed by atoms with Crippen LogP contribution in [-0.2, 0) is 4.79 Å². The molecule has 0 bridgehead atoms. The zero-order valence-electron chi connectivity index (χ0n) is 11.0. The molecule has 1 atom stereocenters. The predicted octanol–water partition coefficient (Wildman–Crippen LogP) is 2.02. The Kier molecular flexibility index (Phi) is 5.81. The number of rotatable bonds is 6. The highest BCUT2D eigenvalue weighted by Gasteiger charge is 2.19. The van der Waals surface area contributed by atoms with Crippen molar-refractivity contribution in [3.05, 3.63) is 0 Å². The van der Waals surface area contributed by atoms with Crippen molar-refractivity contribution >= 4 is 5.91 Å². The van der Waals surface area contributed by atoms with E-state index in [1.165, 1.54) is 25.7 Å². The van der Waals surface area contributed by atoms with Crippen LogP contribution in [0.5, 0.6) is 0 Å². The van der Waals surface area contributed by atoms with E-state index < -0.39 is 0 Å². The van der Waals surface area contributed by atoms with Crippen LogP contribution in [0.4, 0.5) is 0 Å². The van der Waals surface area contributed by atoms with E-state index in [9.17, 15) is 4.79 Å².